The summed E-state index contributed by atoms with van der Waals surface area (Å²) >= 11 is 5.07. The predicted molar refractivity (Wildman–Crippen MR) is 85.5 cm³/mol. The number of hydrogen-bond donors (Lipinski definition) is 1. The number of nitrogens with zero attached hydrogens (tertiary/aromatic N) is 1. The number of anilines is 1. The number of benzene rings is 1. The molecule has 0 spiro atoms. The molecule has 0 saturated carbocycles. The zero-order valence-electron chi connectivity index (χ0n) is 11.2. The first kappa shape index (κ1) is 15.0. The highest BCUT2D eigenvalue weighted by Crippen LogP contribution is 2.35. The highest BCUT2D eigenvalue weighted by molar-refractivity contribution is 9.10. The Morgan fingerprint density at radius 3 is 2.55 bits per heavy atom. The van der Waals surface area contributed by atoms with E-state index in [-0.39, 0.29) is 0 Å². The summed E-state index contributed by atoms with van der Waals surface area (Å²) in [5.41, 5.74) is 7.34. The number of rotatable bonds is 5. The van der Waals surface area contributed by atoms with Crippen LogP contribution < -0.4 is 15.2 Å². The van der Waals surface area contributed by atoms with E-state index in [9.17, 15) is 0 Å². The van der Waals surface area contributed by atoms with E-state index in [1.807, 2.05) is 24.3 Å². The number of nitrogen functional groups attached to an aromatic ring is 1. The van der Waals surface area contributed by atoms with E-state index in [0.29, 0.717) is 5.69 Å². The Kier molecular flexibility index (Phi) is 5.14. The highest BCUT2D eigenvalue weighted by Gasteiger charge is 2.10. The van der Waals surface area contributed by atoms with Crippen molar-refractivity contribution in [2.75, 3.05) is 20.0 Å². The van der Waals surface area contributed by atoms with Crippen LogP contribution in [0.5, 0.6) is 11.5 Å². The lowest BCUT2D eigenvalue weighted by Crippen LogP contribution is -1.94. The van der Waals surface area contributed by atoms with Gasteiger partial charge in [-0.2, -0.15) is 0 Å². The van der Waals surface area contributed by atoms with Gasteiger partial charge in [0, 0.05) is 11.3 Å². The van der Waals surface area contributed by atoms with E-state index in [0.717, 1.165) is 32.3 Å². The predicted octanol–water partition coefficient (Wildman–Crippen LogP) is 3.74. The summed E-state index contributed by atoms with van der Waals surface area (Å²) in [6.07, 6.45) is 1.65. The van der Waals surface area contributed by atoms with Crippen LogP contribution in [0.2, 0.25) is 0 Å². The maximum absolute atomic E-state index is 5.62. The molecular weight excluding hydrogens is 340 g/mol. The lowest BCUT2D eigenvalue weighted by molar-refractivity contribution is 0.398. The smallest absolute Gasteiger partial charge is 0.133 e. The molecule has 6 heteroatoms. The average Bonchev–Trinajstić information content (AvgIpc) is 2.47. The second kappa shape index (κ2) is 6.85. The molecule has 2 aromatic rings. The molecule has 0 aliphatic carbocycles. The van der Waals surface area contributed by atoms with Crippen molar-refractivity contribution >= 4 is 33.4 Å². The number of pyridine rings is 1. The van der Waals surface area contributed by atoms with Gasteiger partial charge >= 0.3 is 0 Å². The molecule has 1 heterocycles. The molecule has 20 heavy (non-hydrogen) atoms. The van der Waals surface area contributed by atoms with Gasteiger partial charge < -0.3 is 15.2 Å². The third kappa shape index (κ3) is 3.58. The zero-order chi connectivity index (χ0) is 14.5. The molecule has 0 amide bonds. The highest BCUT2D eigenvalue weighted by atomic mass is 79.9. The number of hydrogen-bond acceptors (Lipinski definition) is 5. The summed E-state index contributed by atoms with van der Waals surface area (Å²) < 4.78 is 11.6. The Morgan fingerprint density at radius 1 is 1.20 bits per heavy atom. The molecule has 0 aliphatic heterocycles. The molecule has 2 N–H and O–H groups in total. The summed E-state index contributed by atoms with van der Waals surface area (Å²) in [7, 11) is 3.30. The first-order valence-electron chi connectivity index (χ1n) is 5.88. The summed E-state index contributed by atoms with van der Waals surface area (Å²) in [5.74, 6) is 2.34. The molecule has 0 fully saturated rings. The first-order chi connectivity index (χ1) is 9.63. The van der Waals surface area contributed by atoms with Crippen LogP contribution in [0.25, 0.3) is 0 Å². The van der Waals surface area contributed by atoms with Gasteiger partial charge in [-0.25, -0.2) is 4.98 Å². The van der Waals surface area contributed by atoms with Crippen molar-refractivity contribution in [3.63, 3.8) is 0 Å². The van der Waals surface area contributed by atoms with Gasteiger partial charge in [0.2, 0.25) is 0 Å². The Bertz CT molecular complexity index is 590. The van der Waals surface area contributed by atoms with Crippen LogP contribution in [0.3, 0.4) is 0 Å². The largest absolute Gasteiger partial charge is 0.496 e. The summed E-state index contributed by atoms with van der Waals surface area (Å²) in [5, 5.41) is 0.920. The molecule has 0 bridgehead atoms. The minimum absolute atomic E-state index is 0.664. The third-order valence-electron chi connectivity index (χ3n) is 2.69. The van der Waals surface area contributed by atoms with Gasteiger partial charge in [0.05, 0.1) is 35.6 Å². The Labute approximate surface area is 130 Å². The number of thioether (sulfide) groups is 1. The molecule has 106 valence electrons. The fraction of sp³-hybridized carbons (Fsp3) is 0.214. The molecule has 0 atom stereocenters. The summed E-state index contributed by atoms with van der Waals surface area (Å²) in [6.45, 7) is 0. The minimum atomic E-state index is 0.664. The maximum Gasteiger partial charge on any atom is 0.133 e. The van der Waals surface area contributed by atoms with E-state index in [2.05, 4.69) is 20.9 Å². The molecule has 0 saturated heterocycles. The second-order valence-electron chi connectivity index (χ2n) is 4.02. The Morgan fingerprint density at radius 2 is 1.95 bits per heavy atom. The van der Waals surface area contributed by atoms with Gasteiger partial charge in [-0.15, -0.1) is 11.8 Å². The molecular formula is C14H15BrN2O2S. The first-order valence-corrected chi connectivity index (χ1v) is 7.66. The SMILES string of the molecule is COc1cc(CSc2ccc(N)cn2)c(OC)cc1Br. The van der Waals surface area contributed by atoms with Crippen LogP contribution in [0.1, 0.15) is 5.56 Å². The van der Waals surface area contributed by atoms with Crippen molar-refractivity contribution in [1.29, 1.82) is 0 Å². The molecule has 2 rings (SSSR count). The van der Waals surface area contributed by atoms with Crippen molar-refractivity contribution in [2.45, 2.75) is 10.8 Å². The molecule has 0 unspecified atom stereocenters. The van der Waals surface area contributed by atoms with Crippen LogP contribution in [-0.4, -0.2) is 19.2 Å². The average molecular weight is 355 g/mol. The van der Waals surface area contributed by atoms with Gasteiger partial charge in [0.15, 0.2) is 0 Å². The number of nitrogens with two attached hydrogens (primary N) is 1. The topological polar surface area (TPSA) is 57.4 Å². The van der Waals surface area contributed by atoms with Crippen molar-refractivity contribution in [3.05, 3.63) is 40.5 Å². The van der Waals surface area contributed by atoms with E-state index >= 15 is 0 Å². The normalized spacial score (nSPS) is 10.3. The van der Waals surface area contributed by atoms with Crippen molar-refractivity contribution in [2.24, 2.45) is 0 Å². The van der Waals surface area contributed by atoms with Crippen LogP contribution in [-0.2, 0) is 5.75 Å². The van der Waals surface area contributed by atoms with Crippen LogP contribution in [0.15, 0.2) is 40.0 Å². The number of ether oxygens (including phenoxy) is 2. The van der Waals surface area contributed by atoms with E-state index in [1.54, 1.807) is 32.2 Å². The van der Waals surface area contributed by atoms with Crippen LogP contribution >= 0.6 is 27.7 Å². The fourth-order valence-electron chi connectivity index (χ4n) is 1.67. The third-order valence-corrected chi connectivity index (χ3v) is 4.30. The Hall–Kier alpha value is -1.40. The number of aromatic nitrogens is 1. The fourth-order valence-corrected chi connectivity index (χ4v) is 2.97. The van der Waals surface area contributed by atoms with Crippen molar-refractivity contribution in [1.82, 2.24) is 4.98 Å². The van der Waals surface area contributed by atoms with Gasteiger partial charge in [0.1, 0.15) is 11.5 Å². The van der Waals surface area contributed by atoms with Crippen molar-refractivity contribution < 1.29 is 9.47 Å². The molecule has 4 nitrogen and oxygen atoms in total. The van der Waals surface area contributed by atoms with Gasteiger partial charge in [0.25, 0.3) is 0 Å². The summed E-state index contributed by atoms with van der Waals surface area (Å²) in [4.78, 5) is 4.27. The van der Waals surface area contributed by atoms with E-state index in [1.165, 1.54) is 0 Å². The standard InChI is InChI=1S/C14H15BrN2O2S/c1-18-12-6-11(15)13(19-2)5-9(12)8-20-14-4-3-10(16)7-17-14/h3-7H,8,16H2,1-2H3. The van der Waals surface area contributed by atoms with Gasteiger partial charge in [-0.05, 0) is 40.2 Å². The molecule has 0 radical (unpaired) electrons. The quantitative estimate of drug-likeness (QED) is 0.828. The van der Waals surface area contributed by atoms with Gasteiger partial charge in [-0.3, -0.25) is 0 Å². The van der Waals surface area contributed by atoms with E-state index in [4.69, 9.17) is 15.2 Å². The maximum atomic E-state index is 5.62. The molecule has 0 aliphatic rings. The molecule has 1 aromatic carbocycles. The molecule has 1 aromatic heterocycles. The lowest BCUT2D eigenvalue weighted by Gasteiger charge is -2.12. The Balaban J connectivity index is 2.17. The zero-order valence-corrected chi connectivity index (χ0v) is 13.6. The number of halogens is 1. The monoisotopic (exact) mass is 354 g/mol. The minimum Gasteiger partial charge on any atom is -0.496 e. The van der Waals surface area contributed by atoms with Crippen LogP contribution in [0, 0.1) is 0 Å². The van der Waals surface area contributed by atoms with E-state index < -0.39 is 0 Å². The summed E-state index contributed by atoms with van der Waals surface area (Å²) in [6, 6.07) is 7.62. The van der Waals surface area contributed by atoms with Gasteiger partial charge in [-0.1, -0.05) is 0 Å². The second-order valence-corrected chi connectivity index (χ2v) is 5.87. The number of methoxy groups -OCH3 is 2. The van der Waals surface area contributed by atoms with Crippen LogP contribution in [0.4, 0.5) is 5.69 Å². The lowest BCUT2D eigenvalue weighted by atomic mass is 10.2. The van der Waals surface area contributed by atoms with Crippen molar-refractivity contribution in [3.8, 4) is 11.5 Å².